The third-order valence-electron chi connectivity index (χ3n) is 3.22. The van der Waals surface area contributed by atoms with Gasteiger partial charge in [-0.05, 0) is 26.7 Å². The van der Waals surface area contributed by atoms with Gasteiger partial charge in [-0.25, -0.2) is 4.79 Å². The maximum Gasteiger partial charge on any atom is 0.333 e. The zero-order valence-electron chi connectivity index (χ0n) is 12.2. The number of hydrogen-bond donors (Lipinski definition) is 1. The minimum absolute atomic E-state index is 0.183. The van der Waals surface area contributed by atoms with E-state index in [-0.39, 0.29) is 24.8 Å². The van der Waals surface area contributed by atoms with Gasteiger partial charge in [0.1, 0.15) is 19.3 Å². The van der Waals surface area contributed by atoms with Crippen LogP contribution in [0.15, 0.2) is 12.2 Å². The first-order valence-electron chi connectivity index (χ1n) is 6.44. The number of aliphatic hydroxyl groups is 1. The second-order valence-electron chi connectivity index (χ2n) is 4.90. The lowest BCUT2D eigenvalue weighted by molar-refractivity contribution is -0.160. The van der Waals surface area contributed by atoms with Gasteiger partial charge < -0.3 is 14.6 Å². The van der Waals surface area contributed by atoms with E-state index in [1.54, 1.807) is 0 Å². The highest BCUT2D eigenvalue weighted by Gasteiger charge is 2.31. The molecule has 19 heavy (non-hydrogen) atoms. The third kappa shape index (κ3) is 5.87. The van der Waals surface area contributed by atoms with Crippen LogP contribution >= 0.6 is 0 Å². The zero-order chi connectivity index (χ0) is 15.1. The van der Waals surface area contributed by atoms with Gasteiger partial charge in [0, 0.05) is 5.57 Å². The molecule has 0 amide bonds. The summed E-state index contributed by atoms with van der Waals surface area (Å²) in [6, 6.07) is 0. The van der Waals surface area contributed by atoms with Crippen LogP contribution in [0, 0.1) is 5.41 Å². The molecule has 0 saturated heterocycles. The van der Waals surface area contributed by atoms with E-state index in [4.69, 9.17) is 9.47 Å². The van der Waals surface area contributed by atoms with E-state index in [1.165, 1.54) is 6.92 Å². The first-order valence-corrected chi connectivity index (χ1v) is 6.44. The molecular formula is C14H24O5. The van der Waals surface area contributed by atoms with E-state index < -0.39 is 17.5 Å². The van der Waals surface area contributed by atoms with Crippen molar-refractivity contribution >= 4 is 11.9 Å². The topological polar surface area (TPSA) is 72.8 Å². The minimum atomic E-state index is -1.02. The van der Waals surface area contributed by atoms with E-state index in [2.05, 4.69) is 6.58 Å². The number of aliphatic hydroxyl groups excluding tert-OH is 1. The van der Waals surface area contributed by atoms with Gasteiger partial charge >= 0.3 is 11.9 Å². The summed E-state index contributed by atoms with van der Waals surface area (Å²) in [7, 11) is 0. The average Bonchev–Trinajstić information content (AvgIpc) is 2.40. The highest BCUT2D eigenvalue weighted by atomic mass is 16.6. The van der Waals surface area contributed by atoms with Gasteiger partial charge in [-0.1, -0.05) is 20.4 Å². The van der Waals surface area contributed by atoms with Gasteiger partial charge in [-0.3, -0.25) is 4.79 Å². The Morgan fingerprint density at radius 1 is 1.21 bits per heavy atom. The summed E-state index contributed by atoms with van der Waals surface area (Å²) in [5, 5.41) is 9.56. The highest BCUT2D eigenvalue weighted by molar-refractivity contribution is 5.86. The Morgan fingerprint density at radius 2 is 1.68 bits per heavy atom. The fourth-order valence-corrected chi connectivity index (χ4v) is 1.23. The molecule has 0 spiro atoms. The lowest BCUT2D eigenvalue weighted by atomic mass is 9.85. The maximum absolute atomic E-state index is 11.8. The van der Waals surface area contributed by atoms with Crippen LogP contribution in [0.2, 0.25) is 0 Å². The van der Waals surface area contributed by atoms with Gasteiger partial charge in [0.15, 0.2) is 0 Å². The Balaban J connectivity index is 4.10. The Labute approximate surface area is 114 Å². The number of ether oxygens (including phenoxy) is 2. The normalized spacial score (nSPS) is 12.7. The van der Waals surface area contributed by atoms with Crippen LogP contribution in [0.4, 0.5) is 0 Å². The molecule has 0 saturated carbocycles. The number of carbonyl (C=O) groups is 2. The smallest absolute Gasteiger partial charge is 0.333 e. The van der Waals surface area contributed by atoms with E-state index in [1.807, 2.05) is 20.8 Å². The molecule has 110 valence electrons. The largest absolute Gasteiger partial charge is 0.462 e. The molecule has 5 nitrogen and oxygen atoms in total. The van der Waals surface area contributed by atoms with Crippen LogP contribution in [0.3, 0.4) is 0 Å². The molecule has 0 aromatic rings. The van der Waals surface area contributed by atoms with Crippen molar-refractivity contribution in [3.8, 4) is 0 Å². The molecule has 5 heteroatoms. The molecule has 0 bridgehead atoms. The summed E-state index contributed by atoms with van der Waals surface area (Å²) >= 11 is 0. The van der Waals surface area contributed by atoms with Crippen molar-refractivity contribution in [2.24, 2.45) is 5.41 Å². The van der Waals surface area contributed by atoms with Gasteiger partial charge in [0.2, 0.25) is 0 Å². The van der Waals surface area contributed by atoms with E-state index in [0.29, 0.717) is 12.8 Å². The maximum atomic E-state index is 11.8. The van der Waals surface area contributed by atoms with Crippen LogP contribution in [-0.4, -0.2) is 36.4 Å². The SMILES string of the molecule is C=C(C)C(=O)OCC(O)COC(=O)C(C)(CC)CC. The predicted octanol–water partition coefficient (Wildman–Crippen LogP) is 1.84. The lowest BCUT2D eigenvalue weighted by Crippen LogP contribution is -2.32. The molecule has 0 aliphatic carbocycles. The van der Waals surface area contributed by atoms with E-state index in [9.17, 15) is 14.7 Å². The van der Waals surface area contributed by atoms with Crippen LogP contribution < -0.4 is 0 Å². The van der Waals surface area contributed by atoms with Crippen molar-refractivity contribution in [2.45, 2.75) is 46.6 Å². The Morgan fingerprint density at radius 3 is 2.11 bits per heavy atom. The average molecular weight is 272 g/mol. The second kappa shape index (κ2) is 7.94. The van der Waals surface area contributed by atoms with E-state index >= 15 is 0 Å². The predicted molar refractivity (Wildman–Crippen MR) is 71.4 cm³/mol. The van der Waals surface area contributed by atoms with Gasteiger partial charge in [-0.2, -0.15) is 0 Å². The molecule has 0 aliphatic heterocycles. The van der Waals surface area contributed by atoms with Gasteiger partial charge in [-0.15, -0.1) is 0 Å². The van der Waals surface area contributed by atoms with Crippen molar-refractivity contribution < 1.29 is 24.2 Å². The molecule has 1 atom stereocenters. The first-order chi connectivity index (χ1) is 8.76. The quantitative estimate of drug-likeness (QED) is 0.539. The summed E-state index contributed by atoms with van der Waals surface area (Å²) < 4.78 is 9.80. The first kappa shape index (κ1) is 17.6. The van der Waals surface area contributed by atoms with Crippen LogP contribution in [0.5, 0.6) is 0 Å². The third-order valence-corrected chi connectivity index (χ3v) is 3.22. The van der Waals surface area contributed by atoms with Crippen molar-refractivity contribution in [3.05, 3.63) is 12.2 Å². The molecule has 0 fully saturated rings. The molecule has 0 aromatic carbocycles. The molecule has 1 unspecified atom stereocenters. The molecule has 0 radical (unpaired) electrons. The highest BCUT2D eigenvalue weighted by Crippen LogP contribution is 2.26. The fourth-order valence-electron chi connectivity index (χ4n) is 1.23. The number of hydrogen-bond acceptors (Lipinski definition) is 5. The molecular weight excluding hydrogens is 248 g/mol. The lowest BCUT2D eigenvalue weighted by Gasteiger charge is -2.24. The summed E-state index contributed by atoms with van der Waals surface area (Å²) in [4.78, 5) is 22.9. The standard InChI is InChI=1S/C14H24O5/c1-6-14(5,7-2)13(17)19-9-11(15)8-18-12(16)10(3)4/h11,15H,3,6-9H2,1-2,4-5H3. The van der Waals surface area contributed by atoms with Crippen molar-refractivity contribution in [2.75, 3.05) is 13.2 Å². The van der Waals surface area contributed by atoms with Crippen molar-refractivity contribution in [1.82, 2.24) is 0 Å². The van der Waals surface area contributed by atoms with Gasteiger partial charge in [0.05, 0.1) is 5.41 Å². The Hall–Kier alpha value is -1.36. The fraction of sp³-hybridized carbons (Fsp3) is 0.714. The number of carbonyl (C=O) groups excluding carboxylic acids is 2. The Kier molecular flexibility index (Phi) is 7.37. The zero-order valence-corrected chi connectivity index (χ0v) is 12.2. The Bertz CT molecular complexity index is 331. The second-order valence-corrected chi connectivity index (χ2v) is 4.90. The number of esters is 2. The molecule has 0 heterocycles. The number of rotatable bonds is 8. The van der Waals surface area contributed by atoms with Crippen LogP contribution in [0.25, 0.3) is 0 Å². The molecule has 0 rings (SSSR count). The summed E-state index contributed by atoms with van der Waals surface area (Å²) in [5.74, 6) is -0.917. The molecule has 1 N–H and O–H groups in total. The summed E-state index contributed by atoms with van der Waals surface area (Å²) in [6.45, 7) is 10.2. The summed E-state index contributed by atoms with van der Waals surface area (Å²) in [6.07, 6.45) is 0.316. The molecule has 0 aromatic heterocycles. The van der Waals surface area contributed by atoms with Crippen molar-refractivity contribution in [3.63, 3.8) is 0 Å². The van der Waals surface area contributed by atoms with Gasteiger partial charge in [0.25, 0.3) is 0 Å². The van der Waals surface area contributed by atoms with Crippen molar-refractivity contribution in [1.29, 1.82) is 0 Å². The summed E-state index contributed by atoms with van der Waals surface area (Å²) in [5.41, 5.74) is -0.276. The monoisotopic (exact) mass is 272 g/mol. The van der Waals surface area contributed by atoms with E-state index in [0.717, 1.165) is 0 Å². The van der Waals surface area contributed by atoms with Crippen LogP contribution in [0.1, 0.15) is 40.5 Å². The van der Waals surface area contributed by atoms with Crippen LogP contribution in [-0.2, 0) is 19.1 Å². The molecule has 0 aliphatic rings. The minimum Gasteiger partial charge on any atom is -0.462 e.